The molecule has 0 radical (unpaired) electrons. The van der Waals surface area contributed by atoms with E-state index >= 15 is 0 Å². The van der Waals surface area contributed by atoms with Gasteiger partial charge in [0.1, 0.15) is 12.6 Å². The Morgan fingerprint density at radius 3 is 2.35 bits per heavy atom. The average Bonchev–Trinajstić information content (AvgIpc) is 3.47. The van der Waals surface area contributed by atoms with E-state index in [1.807, 2.05) is 109 Å². The number of nitrogens with one attached hydrogen (secondary N) is 1. The van der Waals surface area contributed by atoms with Crippen LogP contribution in [0.3, 0.4) is 0 Å². The lowest BCUT2D eigenvalue weighted by Crippen LogP contribution is -2.41. The van der Waals surface area contributed by atoms with Crippen LogP contribution in [-0.2, 0) is 43.6 Å². The number of nitrogens with zero attached hydrogens (tertiary/aromatic N) is 2. The molecule has 2 N–H and O–H groups in total. The Hall–Kier alpha value is -5.53. The molecule has 2 saturated heterocycles. The number of aliphatic hydroxyl groups is 1. The summed E-state index contributed by atoms with van der Waals surface area (Å²) >= 11 is 1.44. The van der Waals surface area contributed by atoms with E-state index in [0.717, 1.165) is 43.7 Å². The second kappa shape index (κ2) is 17.3. The summed E-state index contributed by atoms with van der Waals surface area (Å²) < 4.78 is 19.3. The minimum Gasteiger partial charge on any atom is -0.618 e. The number of aromatic nitrogens is 1. The van der Waals surface area contributed by atoms with E-state index in [0.29, 0.717) is 10.8 Å². The molecule has 5 aromatic rings. The zero-order valence-electron chi connectivity index (χ0n) is 30.2. The van der Waals surface area contributed by atoms with Crippen LogP contribution in [0, 0.1) is 11.1 Å². The Labute approximate surface area is 323 Å². The highest BCUT2D eigenvalue weighted by Gasteiger charge is 2.40. The lowest BCUT2D eigenvalue weighted by molar-refractivity contribution is -0.645. The summed E-state index contributed by atoms with van der Waals surface area (Å²) in [5.41, 5.74) is 5.99. The first-order valence-electron chi connectivity index (χ1n) is 18.1. The minimum atomic E-state index is -0.988. The van der Waals surface area contributed by atoms with E-state index < -0.39 is 24.3 Å². The first-order valence-corrected chi connectivity index (χ1v) is 19.1. The van der Waals surface area contributed by atoms with Gasteiger partial charge in [-0.25, -0.2) is 4.79 Å². The topological polar surface area (TPSA) is 141 Å². The predicted molar refractivity (Wildman–Crippen MR) is 205 cm³/mol. The molecule has 0 spiro atoms. The summed E-state index contributed by atoms with van der Waals surface area (Å²) in [7, 11) is 0. The summed E-state index contributed by atoms with van der Waals surface area (Å²) in [5.74, 6) is -0.345. The van der Waals surface area contributed by atoms with Crippen LogP contribution < -0.4 is 10.0 Å². The lowest BCUT2D eigenvalue weighted by atomic mass is 9.91. The fraction of sp³-hybridized carbons (Fsp3) is 0.256. The quantitative estimate of drug-likeness (QED) is 0.0622. The first-order chi connectivity index (χ1) is 26.7. The van der Waals surface area contributed by atoms with Gasteiger partial charge in [0.05, 0.1) is 31.8 Å². The molecule has 2 aliphatic rings. The maximum absolute atomic E-state index is 13.2. The van der Waals surface area contributed by atoms with Crippen LogP contribution in [0.2, 0.25) is 0 Å². The molecule has 1 aromatic heterocycles. The molecule has 4 aromatic carbocycles. The summed E-state index contributed by atoms with van der Waals surface area (Å²) in [6.07, 6.45) is -0.627. The van der Waals surface area contributed by atoms with Crippen molar-refractivity contribution < 1.29 is 38.4 Å². The number of amides is 3. The molecule has 2 fully saturated rings. The number of hydrogen-bond acceptors (Lipinski definition) is 9. The molecule has 5 atom stereocenters. The standard InChI is InChI=1S/C43H41N3O8S/c1-28-37(27-55-39-12-5-6-21-46(39)51)53-42(54-40(28)33-15-13-29(25-47)14-16-33)34-19-17-32(18-20-34)35-11-7-10-31(22-35)24-45-38(48)23-36(41(45)49)44-43(50)52-26-30-8-3-2-4-9-30/h2-22,28,36-37,40,42,47H,23-27H2,1H3,(H,44,50)/t28-,36?,37+,40+,42+/m1/s1. The third kappa shape index (κ3) is 9.06. The van der Waals surface area contributed by atoms with Gasteiger partial charge in [-0.2, -0.15) is 4.73 Å². The number of benzene rings is 4. The van der Waals surface area contributed by atoms with Gasteiger partial charge in [0, 0.05) is 29.4 Å². The summed E-state index contributed by atoms with van der Waals surface area (Å²) in [4.78, 5) is 39.6. The molecule has 1 unspecified atom stereocenters. The van der Waals surface area contributed by atoms with E-state index in [1.165, 1.54) is 22.9 Å². The number of imide groups is 1. The second-order valence-electron chi connectivity index (χ2n) is 13.6. The molecule has 0 aliphatic carbocycles. The molecule has 2 aliphatic heterocycles. The molecule has 7 rings (SSSR count). The van der Waals surface area contributed by atoms with Crippen LogP contribution in [0.4, 0.5) is 4.79 Å². The number of rotatable bonds is 12. The number of pyridine rings is 1. The number of carbonyl (C=O) groups excluding carboxylic acids is 3. The van der Waals surface area contributed by atoms with Crippen molar-refractivity contribution in [3.8, 4) is 11.1 Å². The van der Waals surface area contributed by atoms with Crippen molar-refractivity contribution in [2.75, 3.05) is 5.75 Å². The molecule has 55 heavy (non-hydrogen) atoms. The van der Waals surface area contributed by atoms with E-state index in [1.54, 1.807) is 12.1 Å². The zero-order chi connectivity index (χ0) is 38.3. The van der Waals surface area contributed by atoms with Crippen molar-refractivity contribution in [1.29, 1.82) is 0 Å². The minimum absolute atomic E-state index is 0.0385. The van der Waals surface area contributed by atoms with Gasteiger partial charge < -0.3 is 29.8 Å². The fourth-order valence-corrected chi connectivity index (χ4v) is 7.82. The van der Waals surface area contributed by atoms with Gasteiger partial charge >= 0.3 is 6.09 Å². The van der Waals surface area contributed by atoms with Crippen molar-refractivity contribution in [3.05, 3.63) is 161 Å². The predicted octanol–water partition coefficient (Wildman–Crippen LogP) is 6.62. The SMILES string of the molecule is C[C@@H]1[C@H](CSc2cccc[n+]2[O-])O[C@H](c2ccc(-c3cccc(CN4C(=O)CC(NC(=O)OCc5ccccc5)C4=O)c3)cc2)O[C@@H]1c1ccc(CO)cc1. The maximum Gasteiger partial charge on any atom is 0.408 e. The number of alkyl carbamates (subject to hydrolysis) is 1. The van der Waals surface area contributed by atoms with E-state index in [2.05, 4.69) is 12.2 Å². The van der Waals surface area contributed by atoms with E-state index in [9.17, 15) is 24.7 Å². The molecule has 0 bridgehead atoms. The van der Waals surface area contributed by atoms with Gasteiger partial charge in [-0.05, 0) is 45.5 Å². The maximum atomic E-state index is 13.2. The van der Waals surface area contributed by atoms with Gasteiger partial charge in [0.2, 0.25) is 5.91 Å². The molecule has 11 nitrogen and oxygen atoms in total. The third-order valence-electron chi connectivity index (χ3n) is 9.84. The van der Waals surface area contributed by atoms with E-state index in [-0.39, 0.29) is 50.2 Å². The average molecular weight is 760 g/mol. The highest BCUT2D eigenvalue weighted by Crippen LogP contribution is 2.43. The molecule has 0 saturated carbocycles. The number of ether oxygens (including phenoxy) is 3. The van der Waals surface area contributed by atoms with Crippen LogP contribution in [0.25, 0.3) is 11.1 Å². The van der Waals surface area contributed by atoms with E-state index in [4.69, 9.17) is 14.2 Å². The second-order valence-corrected chi connectivity index (χ2v) is 14.6. The first kappa shape index (κ1) is 37.8. The number of aliphatic hydroxyl groups excluding tert-OH is 1. The third-order valence-corrected chi connectivity index (χ3v) is 10.9. The van der Waals surface area contributed by atoms with Gasteiger partial charge in [-0.3, -0.25) is 14.5 Å². The summed E-state index contributed by atoms with van der Waals surface area (Å²) in [5, 5.41) is 25.1. The van der Waals surface area contributed by atoms with Crippen molar-refractivity contribution in [1.82, 2.24) is 10.2 Å². The molecule has 3 amide bonds. The van der Waals surface area contributed by atoms with Crippen LogP contribution in [0.5, 0.6) is 0 Å². The van der Waals surface area contributed by atoms with Gasteiger partial charge in [-0.1, -0.05) is 116 Å². The number of hydrogen-bond donors (Lipinski definition) is 2. The van der Waals surface area contributed by atoms with Crippen LogP contribution in [-0.4, -0.2) is 45.8 Å². The van der Waals surface area contributed by atoms with Crippen LogP contribution in [0.15, 0.2) is 133 Å². The van der Waals surface area contributed by atoms with Gasteiger partial charge in [0.15, 0.2) is 12.5 Å². The normalized spacial score (nSPS) is 21.1. The van der Waals surface area contributed by atoms with Gasteiger partial charge in [-0.15, -0.1) is 0 Å². The van der Waals surface area contributed by atoms with Crippen molar-refractivity contribution in [2.24, 2.45) is 5.92 Å². The van der Waals surface area contributed by atoms with Crippen molar-refractivity contribution >= 4 is 29.7 Å². The Morgan fingerprint density at radius 2 is 1.60 bits per heavy atom. The summed E-state index contributed by atoms with van der Waals surface area (Å²) in [6, 6.07) is 36.8. The van der Waals surface area contributed by atoms with Crippen molar-refractivity contribution in [3.63, 3.8) is 0 Å². The molecular weight excluding hydrogens is 719 g/mol. The number of carbonyl (C=O) groups is 3. The molecule has 12 heteroatoms. The highest BCUT2D eigenvalue weighted by atomic mass is 32.2. The monoisotopic (exact) mass is 759 g/mol. The van der Waals surface area contributed by atoms with Crippen LogP contribution >= 0.6 is 11.8 Å². The summed E-state index contributed by atoms with van der Waals surface area (Å²) in [6.45, 7) is 2.16. The highest BCUT2D eigenvalue weighted by molar-refractivity contribution is 7.99. The Kier molecular flexibility index (Phi) is 11.9. The van der Waals surface area contributed by atoms with Crippen LogP contribution in [0.1, 0.15) is 53.6 Å². The lowest BCUT2D eigenvalue weighted by Gasteiger charge is -2.41. The molecular formula is C43H41N3O8S. The fourth-order valence-electron chi connectivity index (χ4n) is 6.74. The largest absolute Gasteiger partial charge is 0.618 e. The number of likely N-dealkylation sites (tertiary alicyclic amines) is 1. The van der Waals surface area contributed by atoms with Crippen molar-refractivity contribution in [2.45, 2.75) is 62.7 Å². The molecule has 3 heterocycles. The Morgan fingerprint density at radius 1 is 0.873 bits per heavy atom. The zero-order valence-corrected chi connectivity index (χ0v) is 31.0. The van der Waals surface area contributed by atoms with Gasteiger partial charge in [0.25, 0.3) is 10.9 Å². The smallest absolute Gasteiger partial charge is 0.408 e. The Balaban J connectivity index is 1.02. The molecule has 282 valence electrons. The Bertz CT molecular complexity index is 2120. The number of thioether (sulfide) groups is 1.